The maximum absolute atomic E-state index is 3.69. The number of rotatable bonds is 4. The minimum absolute atomic E-state index is 0.778. The van der Waals surface area contributed by atoms with E-state index in [1.54, 1.807) is 0 Å². The van der Waals surface area contributed by atoms with E-state index >= 15 is 0 Å². The average molecular weight is 335 g/mol. The van der Waals surface area contributed by atoms with E-state index in [9.17, 15) is 0 Å². The molecular weight excluding hydrogens is 296 g/mol. The first-order valence-corrected chi connectivity index (χ1v) is 10.7. The highest BCUT2D eigenvalue weighted by Crippen LogP contribution is 2.28. The SMILES string of the molecule is CC1CCCCN1C1CNCCC1CN1CCC(N2CCCC2)C1. The third-order valence-corrected chi connectivity index (χ3v) is 7.27. The van der Waals surface area contributed by atoms with Gasteiger partial charge in [0.1, 0.15) is 0 Å². The molecule has 1 N–H and O–H groups in total. The van der Waals surface area contributed by atoms with Crippen molar-refractivity contribution in [1.29, 1.82) is 0 Å². The summed E-state index contributed by atoms with van der Waals surface area (Å²) in [5.74, 6) is 0.879. The Balaban J connectivity index is 1.33. The molecule has 0 spiro atoms. The molecule has 4 aliphatic rings. The van der Waals surface area contributed by atoms with Gasteiger partial charge in [-0.15, -0.1) is 0 Å². The molecule has 0 amide bonds. The van der Waals surface area contributed by atoms with E-state index in [2.05, 4.69) is 26.9 Å². The van der Waals surface area contributed by atoms with Gasteiger partial charge in [0.05, 0.1) is 0 Å². The van der Waals surface area contributed by atoms with Crippen LogP contribution in [0.25, 0.3) is 0 Å². The molecule has 0 saturated carbocycles. The van der Waals surface area contributed by atoms with Crippen molar-refractivity contribution in [3.8, 4) is 0 Å². The summed E-state index contributed by atoms with van der Waals surface area (Å²) in [6.45, 7) is 13.0. The van der Waals surface area contributed by atoms with Crippen LogP contribution >= 0.6 is 0 Å². The lowest BCUT2D eigenvalue weighted by molar-refractivity contribution is 0.0412. The summed E-state index contributed by atoms with van der Waals surface area (Å²) in [7, 11) is 0. The molecule has 0 radical (unpaired) electrons. The van der Waals surface area contributed by atoms with Crippen molar-refractivity contribution in [3.05, 3.63) is 0 Å². The van der Waals surface area contributed by atoms with Crippen LogP contribution in [0.2, 0.25) is 0 Å². The number of hydrogen-bond donors (Lipinski definition) is 1. The van der Waals surface area contributed by atoms with Gasteiger partial charge in [0.15, 0.2) is 0 Å². The molecule has 4 atom stereocenters. The van der Waals surface area contributed by atoms with Gasteiger partial charge in [-0.1, -0.05) is 6.42 Å². The standard InChI is InChI=1S/C20H38N4/c1-17-6-2-3-12-24(17)20-14-21-9-7-18(20)15-22-13-8-19(16-22)23-10-4-5-11-23/h17-21H,2-16H2,1H3. The molecule has 0 aromatic rings. The van der Waals surface area contributed by atoms with Crippen molar-refractivity contribution in [3.63, 3.8) is 0 Å². The fourth-order valence-corrected chi connectivity index (χ4v) is 5.82. The van der Waals surface area contributed by atoms with Gasteiger partial charge in [-0.3, -0.25) is 9.80 Å². The van der Waals surface area contributed by atoms with Crippen molar-refractivity contribution in [2.24, 2.45) is 5.92 Å². The van der Waals surface area contributed by atoms with Crippen LogP contribution in [-0.2, 0) is 0 Å². The zero-order chi connectivity index (χ0) is 16.4. The third kappa shape index (κ3) is 3.82. The van der Waals surface area contributed by atoms with E-state index in [-0.39, 0.29) is 0 Å². The molecule has 4 unspecified atom stereocenters. The summed E-state index contributed by atoms with van der Waals surface area (Å²) in [5, 5.41) is 3.69. The highest BCUT2D eigenvalue weighted by atomic mass is 15.3. The molecule has 4 fully saturated rings. The maximum atomic E-state index is 3.69. The lowest BCUT2D eigenvalue weighted by Crippen LogP contribution is -2.57. The van der Waals surface area contributed by atoms with Crippen LogP contribution in [0.4, 0.5) is 0 Å². The monoisotopic (exact) mass is 334 g/mol. The van der Waals surface area contributed by atoms with Crippen LogP contribution in [-0.4, -0.2) is 85.2 Å². The van der Waals surface area contributed by atoms with E-state index in [0.29, 0.717) is 0 Å². The average Bonchev–Trinajstić information content (AvgIpc) is 3.27. The fourth-order valence-electron chi connectivity index (χ4n) is 5.82. The summed E-state index contributed by atoms with van der Waals surface area (Å²) in [5.41, 5.74) is 0. The van der Waals surface area contributed by atoms with E-state index in [1.165, 1.54) is 97.3 Å². The van der Waals surface area contributed by atoms with E-state index in [4.69, 9.17) is 0 Å². The summed E-state index contributed by atoms with van der Waals surface area (Å²) >= 11 is 0. The lowest BCUT2D eigenvalue weighted by atomic mass is 9.88. The van der Waals surface area contributed by atoms with E-state index in [1.807, 2.05) is 0 Å². The van der Waals surface area contributed by atoms with Crippen LogP contribution in [0.3, 0.4) is 0 Å². The highest BCUT2D eigenvalue weighted by Gasteiger charge is 2.36. The van der Waals surface area contributed by atoms with Gasteiger partial charge in [0.25, 0.3) is 0 Å². The summed E-state index contributed by atoms with van der Waals surface area (Å²) < 4.78 is 0. The summed E-state index contributed by atoms with van der Waals surface area (Å²) in [4.78, 5) is 8.43. The van der Waals surface area contributed by atoms with Crippen LogP contribution in [0, 0.1) is 5.92 Å². The van der Waals surface area contributed by atoms with Gasteiger partial charge in [0, 0.05) is 37.8 Å². The van der Waals surface area contributed by atoms with Crippen molar-refractivity contribution >= 4 is 0 Å². The Morgan fingerprint density at radius 2 is 1.75 bits per heavy atom. The maximum Gasteiger partial charge on any atom is 0.0264 e. The highest BCUT2D eigenvalue weighted by molar-refractivity contribution is 4.93. The van der Waals surface area contributed by atoms with Crippen LogP contribution in [0.15, 0.2) is 0 Å². The topological polar surface area (TPSA) is 21.8 Å². The first-order valence-electron chi connectivity index (χ1n) is 10.7. The van der Waals surface area contributed by atoms with Gasteiger partial charge in [0.2, 0.25) is 0 Å². The second-order valence-electron chi connectivity index (χ2n) is 8.85. The Morgan fingerprint density at radius 1 is 0.917 bits per heavy atom. The molecule has 4 nitrogen and oxygen atoms in total. The zero-order valence-electron chi connectivity index (χ0n) is 15.8. The molecule has 0 aliphatic carbocycles. The van der Waals surface area contributed by atoms with Gasteiger partial charge >= 0.3 is 0 Å². The Morgan fingerprint density at radius 3 is 2.58 bits per heavy atom. The van der Waals surface area contributed by atoms with Crippen LogP contribution < -0.4 is 5.32 Å². The van der Waals surface area contributed by atoms with Crippen molar-refractivity contribution in [2.45, 2.75) is 70.0 Å². The molecule has 4 heterocycles. The van der Waals surface area contributed by atoms with E-state index in [0.717, 1.165) is 24.0 Å². The molecule has 24 heavy (non-hydrogen) atoms. The first-order chi connectivity index (χ1) is 11.8. The number of nitrogens with zero attached hydrogens (tertiary/aromatic N) is 3. The first kappa shape index (κ1) is 17.3. The number of likely N-dealkylation sites (tertiary alicyclic amines) is 3. The lowest BCUT2D eigenvalue weighted by Gasteiger charge is -2.46. The van der Waals surface area contributed by atoms with Crippen LogP contribution in [0.1, 0.15) is 51.9 Å². The molecule has 4 heteroatoms. The minimum atomic E-state index is 0.778. The Kier molecular flexibility index (Phi) is 5.77. The third-order valence-electron chi connectivity index (χ3n) is 7.27. The van der Waals surface area contributed by atoms with Crippen molar-refractivity contribution in [2.75, 3.05) is 52.4 Å². The molecule has 4 rings (SSSR count). The van der Waals surface area contributed by atoms with Gasteiger partial charge in [-0.05, 0) is 84.1 Å². The quantitative estimate of drug-likeness (QED) is 0.849. The minimum Gasteiger partial charge on any atom is -0.315 e. The fraction of sp³-hybridized carbons (Fsp3) is 1.00. The van der Waals surface area contributed by atoms with Gasteiger partial charge in [-0.25, -0.2) is 0 Å². The normalized spacial score (nSPS) is 40.4. The number of piperidine rings is 2. The van der Waals surface area contributed by atoms with Crippen molar-refractivity contribution < 1.29 is 0 Å². The second-order valence-corrected chi connectivity index (χ2v) is 8.85. The number of hydrogen-bond acceptors (Lipinski definition) is 4. The van der Waals surface area contributed by atoms with Gasteiger partial charge in [-0.2, -0.15) is 0 Å². The molecule has 0 aromatic heterocycles. The smallest absolute Gasteiger partial charge is 0.0264 e. The predicted octanol–water partition coefficient (Wildman–Crippen LogP) is 2.01. The second kappa shape index (κ2) is 8.03. The largest absolute Gasteiger partial charge is 0.315 e. The van der Waals surface area contributed by atoms with E-state index < -0.39 is 0 Å². The molecular formula is C20H38N4. The van der Waals surface area contributed by atoms with Crippen molar-refractivity contribution in [1.82, 2.24) is 20.0 Å². The predicted molar refractivity (Wildman–Crippen MR) is 100 cm³/mol. The Bertz CT molecular complexity index is 395. The van der Waals surface area contributed by atoms with Crippen LogP contribution in [0.5, 0.6) is 0 Å². The Labute approximate surface area is 148 Å². The Hall–Kier alpha value is -0.160. The van der Waals surface area contributed by atoms with Gasteiger partial charge < -0.3 is 10.2 Å². The molecule has 0 aromatic carbocycles. The molecule has 138 valence electrons. The zero-order valence-corrected chi connectivity index (χ0v) is 15.8. The number of nitrogens with one attached hydrogen (secondary N) is 1. The molecule has 0 bridgehead atoms. The molecule has 4 saturated heterocycles. The summed E-state index contributed by atoms with van der Waals surface area (Å²) in [6.07, 6.45) is 9.90. The molecule has 4 aliphatic heterocycles. The summed E-state index contributed by atoms with van der Waals surface area (Å²) in [6, 6.07) is 2.43.